The average Bonchev–Trinajstić information content (AvgIpc) is 3.15. The fourth-order valence-corrected chi connectivity index (χ4v) is 7.59. The minimum Gasteiger partial charge on any atom is -0.394 e. The van der Waals surface area contributed by atoms with E-state index in [-0.39, 0.29) is 12.5 Å². The Balaban J connectivity index is 3.32. The van der Waals surface area contributed by atoms with E-state index in [1.54, 1.807) is 0 Å². The van der Waals surface area contributed by atoms with Crippen molar-refractivity contribution in [1.29, 1.82) is 0 Å². The Morgan fingerprint density at radius 3 is 1.06 bits per heavy atom. The topological polar surface area (TPSA) is 69.6 Å². The third-order valence-corrected chi connectivity index (χ3v) is 11.3. The number of carbonyl (C=O) groups is 1. The number of unbranched alkanes of at least 4 members (excludes halogenated alkanes) is 35. The van der Waals surface area contributed by atoms with Gasteiger partial charge in [-0.05, 0) is 38.5 Å². The summed E-state index contributed by atoms with van der Waals surface area (Å²) < 4.78 is 0. The molecule has 0 spiro atoms. The van der Waals surface area contributed by atoms with E-state index >= 15 is 0 Å². The number of amides is 1. The third kappa shape index (κ3) is 40.3. The molecule has 3 N–H and O–H groups in total. The average molecular weight is 734 g/mol. The van der Waals surface area contributed by atoms with E-state index in [2.05, 4.69) is 31.3 Å². The molecule has 0 saturated carbocycles. The van der Waals surface area contributed by atoms with Crippen LogP contribution >= 0.6 is 0 Å². The van der Waals surface area contributed by atoms with E-state index in [0.29, 0.717) is 12.8 Å². The van der Waals surface area contributed by atoms with E-state index in [9.17, 15) is 15.0 Å². The van der Waals surface area contributed by atoms with Crippen molar-refractivity contribution in [2.75, 3.05) is 6.61 Å². The maximum atomic E-state index is 12.3. The lowest BCUT2D eigenvalue weighted by molar-refractivity contribution is -0.123. The van der Waals surface area contributed by atoms with Crippen molar-refractivity contribution < 1.29 is 15.0 Å². The lowest BCUT2D eigenvalue weighted by Gasteiger charge is -2.22. The number of aliphatic hydroxyl groups excluding tert-OH is 2. The van der Waals surface area contributed by atoms with Crippen LogP contribution in [0.5, 0.6) is 0 Å². The van der Waals surface area contributed by atoms with Gasteiger partial charge in [0.1, 0.15) is 0 Å². The molecule has 0 aromatic heterocycles. The molecule has 0 bridgehead atoms. The minimum atomic E-state index is -0.652. The number of aliphatic hydroxyl groups is 2. The maximum absolute atomic E-state index is 12.3. The van der Waals surface area contributed by atoms with Crippen LogP contribution in [-0.4, -0.2) is 34.9 Å². The third-order valence-electron chi connectivity index (χ3n) is 11.3. The van der Waals surface area contributed by atoms with Crippen LogP contribution in [0.2, 0.25) is 0 Å². The molecule has 0 rings (SSSR count). The zero-order chi connectivity index (χ0) is 37.8. The SMILES string of the molecule is CCCCCCCCCC/C=C\CCCCCCCCCCCCCCCCCCCCCCCC(=O)NC(CO)C(O)CCCCCCCCC. The molecule has 52 heavy (non-hydrogen) atoms. The summed E-state index contributed by atoms with van der Waals surface area (Å²) in [5, 5.41) is 22.9. The monoisotopic (exact) mass is 734 g/mol. The molecule has 4 nitrogen and oxygen atoms in total. The first-order chi connectivity index (χ1) is 25.7. The molecule has 310 valence electrons. The Labute approximate surface area is 327 Å². The van der Waals surface area contributed by atoms with E-state index in [0.717, 1.165) is 25.7 Å². The smallest absolute Gasteiger partial charge is 0.220 e. The highest BCUT2D eigenvalue weighted by molar-refractivity contribution is 5.76. The highest BCUT2D eigenvalue weighted by Crippen LogP contribution is 2.17. The zero-order valence-corrected chi connectivity index (χ0v) is 35.6. The molecule has 0 aromatic carbocycles. The number of rotatable bonds is 44. The summed E-state index contributed by atoms with van der Waals surface area (Å²) in [5.74, 6) is -0.0308. The Hall–Kier alpha value is -0.870. The standard InChI is InChI=1S/C48H95NO3/c1-3-5-7-9-11-12-13-14-15-16-17-18-19-20-21-22-23-24-25-26-27-28-29-30-31-32-33-34-35-36-38-40-42-44-48(52)49-46(45-50)47(51)43-41-39-37-10-8-6-4-2/h16-17,46-47,50-51H,3-15,18-45H2,1-2H3,(H,49,52)/b17-16-. The predicted octanol–water partition coefficient (Wildman–Crippen LogP) is 15.0. The van der Waals surface area contributed by atoms with Gasteiger partial charge in [0.25, 0.3) is 0 Å². The van der Waals surface area contributed by atoms with Crippen molar-refractivity contribution in [3.63, 3.8) is 0 Å². The first-order valence-corrected chi connectivity index (χ1v) is 23.9. The first kappa shape index (κ1) is 51.1. The fourth-order valence-electron chi connectivity index (χ4n) is 7.59. The number of hydrogen-bond donors (Lipinski definition) is 3. The van der Waals surface area contributed by atoms with Crippen LogP contribution in [0, 0.1) is 0 Å². The minimum absolute atomic E-state index is 0.0308. The van der Waals surface area contributed by atoms with Crippen LogP contribution in [0.3, 0.4) is 0 Å². The van der Waals surface area contributed by atoms with Crippen molar-refractivity contribution in [2.24, 2.45) is 0 Å². The van der Waals surface area contributed by atoms with E-state index in [1.165, 1.54) is 218 Å². The van der Waals surface area contributed by atoms with Gasteiger partial charge in [0.05, 0.1) is 18.8 Å². The molecular formula is C48H95NO3. The lowest BCUT2D eigenvalue weighted by Crippen LogP contribution is -2.45. The van der Waals surface area contributed by atoms with Crippen LogP contribution in [0.25, 0.3) is 0 Å². The molecular weight excluding hydrogens is 639 g/mol. The second-order valence-corrected chi connectivity index (χ2v) is 16.5. The van der Waals surface area contributed by atoms with Crippen molar-refractivity contribution in [2.45, 2.75) is 283 Å². The molecule has 0 aromatic rings. The van der Waals surface area contributed by atoms with Gasteiger partial charge in [-0.25, -0.2) is 0 Å². The van der Waals surface area contributed by atoms with Gasteiger partial charge in [-0.3, -0.25) is 4.79 Å². The van der Waals surface area contributed by atoms with Gasteiger partial charge >= 0.3 is 0 Å². The number of nitrogens with one attached hydrogen (secondary N) is 1. The zero-order valence-electron chi connectivity index (χ0n) is 35.6. The molecule has 0 aliphatic rings. The molecule has 2 atom stereocenters. The summed E-state index contributed by atoms with van der Waals surface area (Å²) >= 11 is 0. The van der Waals surface area contributed by atoms with E-state index in [4.69, 9.17) is 0 Å². The molecule has 0 aliphatic carbocycles. The summed E-state index contributed by atoms with van der Waals surface area (Å²) in [6, 6.07) is -0.528. The lowest BCUT2D eigenvalue weighted by atomic mass is 10.0. The van der Waals surface area contributed by atoms with Gasteiger partial charge in [-0.2, -0.15) is 0 Å². The second-order valence-electron chi connectivity index (χ2n) is 16.5. The van der Waals surface area contributed by atoms with Crippen molar-refractivity contribution in [3.05, 3.63) is 12.2 Å². The molecule has 4 heteroatoms. The molecule has 2 unspecified atom stereocenters. The van der Waals surface area contributed by atoms with Crippen LogP contribution in [0.4, 0.5) is 0 Å². The molecule has 0 heterocycles. The highest BCUT2D eigenvalue weighted by atomic mass is 16.3. The Morgan fingerprint density at radius 2 is 0.731 bits per heavy atom. The number of carbonyl (C=O) groups excluding carboxylic acids is 1. The predicted molar refractivity (Wildman–Crippen MR) is 230 cm³/mol. The van der Waals surface area contributed by atoms with Crippen LogP contribution < -0.4 is 5.32 Å². The quantitative estimate of drug-likeness (QED) is 0.0431. The number of hydrogen-bond acceptors (Lipinski definition) is 3. The second kappa shape index (κ2) is 44.5. The van der Waals surface area contributed by atoms with E-state index in [1.807, 2.05) is 0 Å². The molecule has 0 fully saturated rings. The summed E-state index contributed by atoms with van der Waals surface area (Å²) in [5.41, 5.74) is 0. The molecule has 0 radical (unpaired) electrons. The van der Waals surface area contributed by atoms with Gasteiger partial charge in [0.15, 0.2) is 0 Å². The summed E-state index contributed by atoms with van der Waals surface area (Å²) in [4.78, 5) is 12.3. The summed E-state index contributed by atoms with van der Waals surface area (Å²) in [6.07, 6.45) is 56.3. The van der Waals surface area contributed by atoms with Gasteiger partial charge in [-0.1, -0.05) is 238 Å². The Morgan fingerprint density at radius 1 is 0.442 bits per heavy atom. The largest absolute Gasteiger partial charge is 0.394 e. The first-order valence-electron chi connectivity index (χ1n) is 23.9. The Bertz CT molecular complexity index is 710. The Kier molecular flexibility index (Phi) is 43.8. The van der Waals surface area contributed by atoms with Crippen LogP contribution in [-0.2, 0) is 4.79 Å². The van der Waals surface area contributed by atoms with Crippen molar-refractivity contribution in [1.82, 2.24) is 5.32 Å². The fraction of sp³-hybridized carbons (Fsp3) is 0.938. The van der Waals surface area contributed by atoms with Gasteiger partial charge in [-0.15, -0.1) is 0 Å². The summed E-state index contributed by atoms with van der Waals surface area (Å²) in [6.45, 7) is 4.33. The number of allylic oxidation sites excluding steroid dienone is 2. The van der Waals surface area contributed by atoms with Crippen LogP contribution in [0.15, 0.2) is 12.2 Å². The van der Waals surface area contributed by atoms with Crippen molar-refractivity contribution >= 4 is 5.91 Å². The van der Waals surface area contributed by atoms with Crippen LogP contribution in [0.1, 0.15) is 271 Å². The molecule has 1 amide bonds. The molecule has 0 saturated heterocycles. The van der Waals surface area contributed by atoms with Crippen molar-refractivity contribution in [3.8, 4) is 0 Å². The van der Waals surface area contributed by atoms with E-state index < -0.39 is 12.1 Å². The van der Waals surface area contributed by atoms with Gasteiger partial charge < -0.3 is 15.5 Å². The maximum Gasteiger partial charge on any atom is 0.220 e. The highest BCUT2D eigenvalue weighted by Gasteiger charge is 2.20. The van der Waals surface area contributed by atoms with Gasteiger partial charge in [0, 0.05) is 6.42 Å². The molecule has 0 aliphatic heterocycles. The normalized spacial score (nSPS) is 12.9. The van der Waals surface area contributed by atoms with Gasteiger partial charge in [0.2, 0.25) is 5.91 Å². The summed E-state index contributed by atoms with van der Waals surface area (Å²) in [7, 11) is 0.